The van der Waals surface area contributed by atoms with Crippen LogP contribution in [0.2, 0.25) is 0 Å². The molecular weight excluding hydrogens is 240 g/mol. The fourth-order valence-corrected chi connectivity index (χ4v) is 3.12. The summed E-state index contributed by atoms with van der Waals surface area (Å²) in [5, 5.41) is 10.3. The Bertz CT molecular complexity index is 279. The number of hydrogen-bond donors (Lipinski definition) is 1. The van der Waals surface area contributed by atoms with Gasteiger partial charge in [-0.2, -0.15) is 0 Å². The van der Waals surface area contributed by atoms with E-state index in [9.17, 15) is 5.11 Å². The third kappa shape index (κ3) is 4.77. The lowest BCUT2D eigenvalue weighted by atomic mass is 10.1. The second-order valence-electron chi connectivity index (χ2n) is 3.80. The predicted octanol–water partition coefficient (Wildman–Crippen LogP) is 3.94. The second-order valence-corrected chi connectivity index (χ2v) is 5.49. The van der Waals surface area contributed by atoms with Crippen LogP contribution in [0.4, 0.5) is 0 Å². The number of rotatable bonds is 7. The summed E-state index contributed by atoms with van der Waals surface area (Å²) in [5.74, 6) is 0.525. The van der Waals surface area contributed by atoms with E-state index in [-0.39, 0.29) is 11.4 Å². The zero-order chi connectivity index (χ0) is 11.8. The summed E-state index contributed by atoms with van der Waals surface area (Å²) in [6.45, 7) is 2.14. The second kappa shape index (κ2) is 7.99. The number of aliphatic hydroxyl groups is 1. The number of thioether (sulfide) groups is 1. The standard InChI is InChI=1S/C13H19ClOS/c1-2-6-13(12(15)9-10-14)16-11-7-4-3-5-8-11/h3-5,7-8,12-13,15H,2,6,9-10H2,1H3/t12-,13-/m1/s1. The molecule has 90 valence electrons. The Balaban J connectivity index is 2.57. The van der Waals surface area contributed by atoms with Crippen molar-refractivity contribution in [2.45, 2.75) is 42.4 Å². The summed E-state index contributed by atoms with van der Waals surface area (Å²) in [7, 11) is 0. The lowest BCUT2D eigenvalue weighted by molar-refractivity contribution is 0.164. The molecule has 1 nitrogen and oxygen atoms in total. The molecule has 16 heavy (non-hydrogen) atoms. The van der Waals surface area contributed by atoms with E-state index in [0.717, 1.165) is 12.8 Å². The molecule has 0 radical (unpaired) electrons. The van der Waals surface area contributed by atoms with E-state index in [1.54, 1.807) is 11.8 Å². The molecule has 2 atom stereocenters. The van der Waals surface area contributed by atoms with Crippen molar-refractivity contribution in [2.24, 2.45) is 0 Å². The number of hydrogen-bond acceptors (Lipinski definition) is 2. The van der Waals surface area contributed by atoms with Crippen LogP contribution in [0.15, 0.2) is 35.2 Å². The molecule has 0 amide bonds. The monoisotopic (exact) mass is 258 g/mol. The molecule has 0 unspecified atom stereocenters. The predicted molar refractivity (Wildman–Crippen MR) is 72.3 cm³/mol. The molecule has 0 aromatic heterocycles. The van der Waals surface area contributed by atoms with Gasteiger partial charge in [-0.05, 0) is 25.0 Å². The van der Waals surface area contributed by atoms with Gasteiger partial charge in [-0.3, -0.25) is 0 Å². The summed E-state index contributed by atoms with van der Waals surface area (Å²) in [5.41, 5.74) is 0. The molecule has 0 saturated heterocycles. The zero-order valence-electron chi connectivity index (χ0n) is 9.60. The molecule has 3 heteroatoms. The molecule has 1 aromatic carbocycles. The van der Waals surface area contributed by atoms with Gasteiger partial charge in [0.25, 0.3) is 0 Å². The Labute approximate surface area is 107 Å². The van der Waals surface area contributed by atoms with Crippen molar-refractivity contribution in [2.75, 3.05) is 5.88 Å². The molecule has 0 aliphatic rings. The highest BCUT2D eigenvalue weighted by Gasteiger charge is 2.18. The van der Waals surface area contributed by atoms with Crippen LogP contribution in [0, 0.1) is 0 Å². The first-order valence-electron chi connectivity index (χ1n) is 5.73. The average Bonchev–Trinajstić information content (AvgIpc) is 2.30. The summed E-state index contributed by atoms with van der Waals surface area (Å²) < 4.78 is 0. The van der Waals surface area contributed by atoms with Gasteiger partial charge in [0, 0.05) is 16.0 Å². The first-order valence-corrected chi connectivity index (χ1v) is 7.15. The van der Waals surface area contributed by atoms with Gasteiger partial charge in [-0.25, -0.2) is 0 Å². The smallest absolute Gasteiger partial charge is 0.0673 e. The van der Waals surface area contributed by atoms with Crippen molar-refractivity contribution in [3.8, 4) is 0 Å². The Morgan fingerprint density at radius 2 is 1.94 bits per heavy atom. The molecule has 0 aliphatic carbocycles. The van der Waals surface area contributed by atoms with Crippen molar-refractivity contribution >= 4 is 23.4 Å². The largest absolute Gasteiger partial charge is 0.392 e. The quantitative estimate of drug-likeness (QED) is 0.591. The molecule has 0 heterocycles. The maximum Gasteiger partial charge on any atom is 0.0673 e. The topological polar surface area (TPSA) is 20.2 Å². The van der Waals surface area contributed by atoms with Crippen LogP contribution in [0.25, 0.3) is 0 Å². The fraction of sp³-hybridized carbons (Fsp3) is 0.538. The molecule has 1 aromatic rings. The highest BCUT2D eigenvalue weighted by Crippen LogP contribution is 2.29. The van der Waals surface area contributed by atoms with Gasteiger partial charge in [-0.15, -0.1) is 23.4 Å². The van der Waals surface area contributed by atoms with Gasteiger partial charge in [0.15, 0.2) is 0 Å². The zero-order valence-corrected chi connectivity index (χ0v) is 11.2. The minimum Gasteiger partial charge on any atom is -0.392 e. The molecule has 0 saturated carbocycles. The molecule has 0 fully saturated rings. The van der Waals surface area contributed by atoms with Crippen LogP contribution >= 0.6 is 23.4 Å². The maximum atomic E-state index is 10.00. The first-order chi connectivity index (χ1) is 7.77. The highest BCUT2D eigenvalue weighted by atomic mass is 35.5. The lowest BCUT2D eigenvalue weighted by Gasteiger charge is -2.21. The van der Waals surface area contributed by atoms with Gasteiger partial charge in [-0.1, -0.05) is 31.5 Å². The van der Waals surface area contributed by atoms with Crippen LogP contribution in [0.1, 0.15) is 26.2 Å². The van der Waals surface area contributed by atoms with E-state index in [1.165, 1.54) is 4.90 Å². The summed E-state index contributed by atoms with van der Waals surface area (Å²) in [4.78, 5) is 1.22. The van der Waals surface area contributed by atoms with Crippen LogP contribution in [-0.4, -0.2) is 22.3 Å². The van der Waals surface area contributed by atoms with E-state index in [0.29, 0.717) is 12.3 Å². The Morgan fingerprint density at radius 1 is 1.25 bits per heavy atom. The number of alkyl halides is 1. The van der Waals surface area contributed by atoms with Crippen LogP contribution in [0.5, 0.6) is 0 Å². The minimum absolute atomic E-state index is 0.256. The molecule has 0 aliphatic heterocycles. The summed E-state index contributed by atoms with van der Waals surface area (Å²) in [6.07, 6.45) is 2.48. The Hall–Kier alpha value is -0.180. The van der Waals surface area contributed by atoms with E-state index in [4.69, 9.17) is 11.6 Å². The average molecular weight is 259 g/mol. The van der Waals surface area contributed by atoms with Crippen LogP contribution in [0.3, 0.4) is 0 Å². The van der Waals surface area contributed by atoms with Crippen molar-refractivity contribution < 1.29 is 5.11 Å². The Kier molecular flexibility index (Phi) is 6.93. The SMILES string of the molecule is CCC[C@@H](Sc1ccccc1)[C@H](O)CCCl. The number of benzene rings is 1. The van der Waals surface area contributed by atoms with Crippen molar-refractivity contribution in [1.29, 1.82) is 0 Å². The number of aliphatic hydroxyl groups excluding tert-OH is 1. The van der Waals surface area contributed by atoms with Gasteiger partial charge in [0.1, 0.15) is 0 Å². The first kappa shape index (κ1) is 13.9. The minimum atomic E-state index is -0.303. The third-order valence-corrected chi connectivity index (χ3v) is 4.05. The van der Waals surface area contributed by atoms with Crippen molar-refractivity contribution in [3.63, 3.8) is 0 Å². The van der Waals surface area contributed by atoms with E-state index >= 15 is 0 Å². The van der Waals surface area contributed by atoms with Gasteiger partial charge in [0.05, 0.1) is 6.10 Å². The Morgan fingerprint density at radius 3 is 2.50 bits per heavy atom. The molecule has 0 bridgehead atoms. The van der Waals surface area contributed by atoms with Crippen molar-refractivity contribution in [1.82, 2.24) is 0 Å². The maximum absolute atomic E-state index is 10.00. The van der Waals surface area contributed by atoms with Gasteiger partial charge < -0.3 is 5.11 Å². The van der Waals surface area contributed by atoms with Crippen LogP contribution < -0.4 is 0 Å². The van der Waals surface area contributed by atoms with E-state index in [1.807, 2.05) is 18.2 Å². The third-order valence-electron chi connectivity index (χ3n) is 2.44. The normalized spacial score (nSPS) is 14.7. The molecule has 0 spiro atoms. The molecule has 1 N–H and O–H groups in total. The van der Waals surface area contributed by atoms with Gasteiger partial charge in [0.2, 0.25) is 0 Å². The summed E-state index contributed by atoms with van der Waals surface area (Å²) in [6, 6.07) is 10.2. The van der Waals surface area contributed by atoms with Crippen molar-refractivity contribution in [3.05, 3.63) is 30.3 Å². The summed E-state index contributed by atoms with van der Waals surface area (Å²) >= 11 is 7.43. The van der Waals surface area contributed by atoms with Gasteiger partial charge >= 0.3 is 0 Å². The lowest BCUT2D eigenvalue weighted by Crippen LogP contribution is -2.23. The van der Waals surface area contributed by atoms with Crippen LogP contribution in [-0.2, 0) is 0 Å². The number of halogens is 1. The highest BCUT2D eigenvalue weighted by molar-refractivity contribution is 8.00. The molecule has 1 rings (SSSR count). The van der Waals surface area contributed by atoms with E-state index < -0.39 is 0 Å². The van der Waals surface area contributed by atoms with E-state index in [2.05, 4.69) is 19.1 Å². The fourth-order valence-electron chi connectivity index (χ4n) is 1.59. The molecular formula is C13H19ClOS.